The van der Waals surface area contributed by atoms with Gasteiger partial charge < -0.3 is 14.5 Å². The van der Waals surface area contributed by atoms with Crippen LogP contribution in [0.15, 0.2) is 30.7 Å². The van der Waals surface area contributed by atoms with Gasteiger partial charge in [-0.15, -0.1) is 0 Å². The Morgan fingerprint density at radius 1 is 1.48 bits per heavy atom. The van der Waals surface area contributed by atoms with Crippen LogP contribution >= 0.6 is 0 Å². The predicted molar refractivity (Wildman–Crippen MR) is 97.7 cm³/mol. The van der Waals surface area contributed by atoms with E-state index in [1.807, 2.05) is 18.2 Å². The molecule has 132 valence electrons. The number of aromatic amines is 1. The molecular formula is C19H23N3O3. The van der Waals surface area contributed by atoms with Gasteiger partial charge in [-0.1, -0.05) is 13.3 Å². The number of amides is 1. The molecule has 6 heteroatoms. The van der Waals surface area contributed by atoms with Crippen LogP contribution in [0.5, 0.6) is 5.75 Å². The number of nitrogens with zero attached hydrogens (tertiary/aromatic N) is 2. The number of H-pyrrole nitrogens is 1. The second-order valence-corrected chi connectivity index (χ2v) is 5.93. The average molecular weight is 341 g/mol. The van der Waals surface area contributed by atoms with Gasteiger partial charge in [0.1, 0.15) is 5.75 Å². The molecule has 1 amide bonds. The molecule has 2 heterocycles. The standard InChI is InChI=1S/C19H23N3O3/c1-3-4-8-22(19(23)24-2)16-5-6-18-17(11-16)14(7-9-25-18)10-15-12-20-13-21-15/h5-6,10-13H,3-4,7-9H2,1-2H3,(H,20,21). The van der Waals surface area contributed by atoms with Crippen LogP contribution < -0.4 is 9.64 Å². The summed E-state index contributed by atoms with van der Waals surface area (Å²) in [5.74, 6) is 0.834. The highest BCUT2D eigenvalue weighted by atomic mass is 16.5. The summed E-state index contributed by atoms with van der Waals surface area (Å²) in [5, 5.41) is 0. The first-order chi connectivity index (χ1) is 12.2. The first-order valence-electron chi connectivity index (χ1n) is 8.54. The molecule has 0 spiro atoms. The molecular weight excluding hydrogens is 318 g/mol. The number of carbonyl (C=O) groups is 1. The van der Waals surface area contributed by atoms with E-state index in [-0.39, 0.29) is 6.09 Å². The van der Waals surface area contributed by atoms with Crippen molar-refractivity contribution in [1.29, 1.82) is 0 Å². The SMILES string of the molecule is CCCCN(C(=O)OC)c1ccc2c(c1)C(=Cc1cnc[nH]1)CCO2. The van der Waals surface area contributed by atoms with Gasteiger partial charge in [-0.2, -0.15) is 0 Å². The lowest BCUT2D eigenvalue weighted by Gasteiger charge is -2.25. The number of methoxy groups -OCH3 is 1. The quantitative estimate of drug-likeness (QED) is 0.889. The number of imidazole rings is 1. The Bertz CT molecular complexity index is 753. The van der Waals surface area contributed by atoms with Crippen molar-refractivity contribution in [2.24, 2.45) is 0 Å². The fraction of sp³-hybridized carbons (Fsp3) is 0.368. The van der Waals surface area contributed by atoms with Crippen molar-refractivity contribution in [2.45, 2.75) is 26.2 Å². The maximum atomic E-state index is 12.2. The minimum Gasteiger partial charge on any atom is -0.493 e. The van der Waals surface area contributed by atoms with E-state index in [0.29, 0.717) is 13.2 Å². The molecule has 3 rings (SSSR count). The molecule has 2 aromatic rings. The Labute approximate surface area is 147 Å². The fourth-order valence-corrected chi connectivity index (χ4v) is 2.90. The van der Waals surface area contributed by atoms with Gasteiger partial charge in [-0.05, 0) is 36.3 Å². The topological polar surface area (TPSA) is 67.5 Å². The second-order valence-electron chi connectivity index (χ2n) is 5.93. The Kier molecular flexibility index (Phi) is 5.38. The number of benzene rings is 1. The molecule has 0 saturated carbocycles. The van der Waals surface area contributed by atoms with Crippen LogP contribution in [0.3, 0.4) is 0 Å². The van der Waals surface area contributed by atoms with Crippen LogP contribution in [0.2, 0.25) is 0 Å². The van der Waals surface area contributed by atoms with Gasteiger partial charge in [0.25, 0.3) is 0 Å². The Morgan fingerprint density at radius 2 is 2.36 bits per heavy atom. The maximum absolute atomic E-state index is 12.2. The molecule has 0 fully saturated rings. The van der Waals surface area contributed by atoms with E-state index < -0.39 is 0 Å². The van der Waals surface area contributed by atoms with E-state index in [1.54, 1.807) is 17.4 Å². The van der Waals surface area contributed by atoms with Crippen LogP contribution in [0.1, 0.15) is 37.4 Å². The van der Waals surface area contributed by atoms with Crippen LogP contribution in [-0.4, -0.2) is 36.3 Å². The molecule has 1 aliphatic rings. The number of anilines is 1. The van der Waals surface area contributed by atoms with Gasteiger partial charge in [0.05, 0.1) is 31.9 Å². The number of carbonyl (C=O) groups excluding carboxylic acids is 1. The molecule has 0 saturated heterocycles. The molecule has 1 aliphatic heterocycles. The number of aromatic nitrogens is 2. The molecule has 25 heavy (non-hydrogen) atoms. The number of unbranched alkanes of at least 4 members (excludes halogenated alkanes) is 1. The lowest BCUT2D eigenvalue weighted by atomic mass is 9.98. The van der Waals surface area contributed by atoms with E-state index in [1.165, 1.54) is 7.11 Å². The summed E-state index contributed by atoms with van der Waals surface area (Å²) in [6, 6.07) is 5.83. The molecule has 6 nitrogen and oxygen atoms in total. The summed E-state index contributed by atoms with van der Waals surface area (Å²) in [4.78, 5) is 21.0. The third kappa shape index (κ3) is 3.84. The van der Waals surface area contributed by atoms with Crippen LogP contribution in [0.25, 0.3) is 11.6 Å². The largest absolute Gasteiger partial charge is 0.493 e. The summed E-state index contributed by atoms with van der Waals surface area (Å²) in [6.07, 6.45) is 7.91. The molecule has 0 bridgehead atoms. The first kappa shape index (κ1) is 17.1. The highest BCUT2D eigenvalue weighted by molar-refractivity contribution is 5.91. The highest BCUT2D eigenvalue weighted by Crippen LogP contribution is 2.37. The number of hydrogen-bond donors (Lipinski definition) is 1. The monoisotopic (exact) mass is 341 g/mol. The van der Waals surface area contributed by atoms with Gasteiger partial charge >= 0.3 is 6.09 Å². The molecule has 0 radical (unpaired) electrons. The first-order valence-corrected chi connectivity index (χ1v) is 8.54. The summed E-state index contributed by atoms with van der Waals surface area (Å²) < 4.78 is 10.7. The molecule has 0 atom stereocenters. The highest BCUT2D eigenvalue weighted by Gasteiger charge is 2.21. The lowest BCUT2D eigenvalue weighted by Crippen LogP contribution is -2.31. The number of rotatable bonds is 5. The average Bonchev–Trinajstić information content (AvgIpc) is 3.15. The maximum Gasteiger partial charge on any atom is 0.413 e. The predicted octanol–water partition coefficient (Wildman–Crippen LogP) is 4.11. The zero-order valence-electron chi connectivity index (χ0n) is 14.6. The van der Waals surface area contributed by atoms with Crippen molar-refractivity contribution in [2.75, 3.05) is 25.2 Å². The number of hydrogen-bond acceptors (Lipinski definition) is 4. The van der Waals surface area contributed by atoms with Crippen molar-refractivity contribution in [3.8, 4) is 5.75 Å². The van der Waals surface area contributed by atoms with Crippen LogP contribution in [-0.2, 0) is 4.74 Å². The van der Waals surface area contributed by atoms with Gasteiger partial charge in [0.15, 0.2) is 0 Å². The zero-order valence-corrected chi connectivity index (χ0v) is 14.6. The van der Waals surface area contributed by atoms with E-state index in [4.69, 9.17) is 9.47 Å². The Balaban J connectivity index is 1.97. The van der Waals surface area contributed by atoms with Gasteiger partial charge in [-0.3, -0.25) is 4.90 Å². The van der Waals surface area contributed by atoms with E-state index >= 15 is 0 Å². The van der Waals surface area contributed by atoms with E-state index in [0.717, 1.165) is 47.5 Å². The number of nitrogens with one attached hydrogen (secondary N) is 1. The fourth-order valence-electron chi connectivity index (χ4n) is 2.90. The third-order valence-electron chi connectivity index (χ3n) is 4.23. The summed E-state index contributed by atoms with van der Waals surface area (Å²) in [7, 11) is 1.41. The lowest BCUT2D eigenvalue weighted by molar-refractivity contribution is 0.178. The molecule has 1 N–H and O–H groups in total. The van der Waals surface area contributed by atoms with E-state index in [9.17, 15) is 4.79 Å². The van der Waals surface area contributed by atoms with Crippen LogP contribution in [0, 0.1) is 0 Å². The van der Waals surface area contributed by atoms with Crippen molar-refractivity contribution in [3.05, 3.63) is 42.0 Å². The molecule has 1 aromatic carbocycles. The minimum atomic E-state index is -0.343. The van der Waals surface area contributed by atoms with Crippen molar-refractivity contribution >= 4 is 23.4 Å². The summed E-state index contributed by atoms with van der Waals surface area (Å²) in [6.45, 7) is 3.37. The van der Waals surface area contributed by atoms with Crippen LogP contribution in [0.4, 0.5) is 10.5 Å². The third-order valence-corrected chi connectivity index (χ3v) is 4.23. The minimum absolute atomic E-state index is 0.343. The normalized spacial score (nSPS) is 14.7. The second kappa shape index (κ2) is 7.88. The molecule has 0 aliphatic carbocycles. The van der Waals surface area contributed by atoms with Gasteiger partial charge in [0.2, 0.25) is 0 Å². The Hall–Kier alpha value is -2.76. The van der Waals surface area contributed by atoms with Gasteiger partial charge in [-0.25, -0.2) is 9.78 Å². The summed E-state index contributed by atoms with van der Waals surface area (Å²) >= 11 is 0. The molecule has 0 unspecified atom stereocenters. The Morgan fingerprint density at radius 3 is 3.08 bits per heavy atom. The van der Waals surface area contributed by atoms with Gasteiger partial charge in [0, 0.05) is 24.2 Å². The van der Waals surface area contributed by atoms with Crippen molar-refractivity contribution in [1.82, 2.24) is 9.97 Å². The smallest absolute Gasteiger partial charge is 0.413 e. The summed E-state index contributed by atoms with van der Waals surface area (Å²) in [5.41, 5.74) is 3.93. The van der Waals surface area contributed by atoms with Crippen molar-refractivity contribution < 1.29 is 14.3 Å². The molecule has 1 aromatic heterocycles. The van der Waals surface area contributed by atoms with E-state index in [2.05, 4.69) is 23.0 Å². The van der Waals surface area contributed by atoms with Crippen molar-refractivity contribution in [3.63, 3.8) is 0 Å². The zero-order chi connectivity index (χ0) is 17.6. The number of fused-ring (bicyclic) bond motifs is 1. The number of ether oxygens (including phenoxy) is 2.